The van der Waals surface area contributed by atoms with E-state index < -0.39 is 0 Å². The van der Waals surface area contributed by atoms with Crippen LogP contribution in [0.4, 0.5) is 0 Å². The van der Waals surface area contributed by atoms with E-state index in [1.165, 1.54) is 10.9 Å². The molecule has 1 amide bonds. The molecule has 0 saturated heterocycles. The molecule has 0 atom stereocenters. The van der Waals surface area contributed by atoms with Gasteiger partial charge in [-0.25, -0.2) is 0 Å². The summed E-state index contributed by atoms with van der Waals surface area (Å²) in [5.41, 5.74) is 1.21. The average Bonchev–Trinajstić information content (AvgIpc) is 2.35. The van der Waals surface area contributed by atoms with Crippen molar-refractivity contribution in [3.8, 4) is 5.75 Å². The topological polar surface area (TPSA) is 38.3 Å². The van der Waals surface area contributed by atoms with E-state index in [1.807, 2.05) is 18.2 Å². The monoisotopic (exact) mass is 229 g/mol. The van der Waals surface area contributed by atoms with Gasteiger partial charge in [-0.15, -0.1) is 0 Å². The zero-order valence-corrected chi connectivity index (χ0v) is 9.99. The minimum atomic E-state index is -0.130. The number of hydrogen-bond donors (Lipinski definition) is 1. The zero-order valence-electron chi connectivity index (χ0n) is 9.99. The highest BCUT2D eigenvalue weighted by Crippen LogP contribution is 2.21. The van der Waals surface area contributed by atoms with E-state index in [0.717, 1.165) is 5.39 Å². The van der Waals surface area contributed by atoms with Gasteiger partial charge in [0.05, 0.1) is 0 Å². The van der Waals surface area contributed by atoms with Crippen molar-refractivity contribution in [2.24, 2.45) is 0 Å². The lowest BCUT2D eigenvalue weighted by Gasteiger charge is -2.06. The molecule has 17 heavy (non-hydrogen) atoms. The summed E-state index contributed by atoms with van der Waals surface area (Å²) in [6.45, 7) is 2.10. The lowest BCUT2D eigenvalue weighted by Crippen LogP contribution is -2.24. The second-order valence-corrected chi connectivity index (χ2v) is 3.97. The Hall–Kier alpha value is -2.03. The summed E-state index contributed by atoms with van der Waals surface area (Å²) in [7, 11) is 1.59. The number of ether oxygens (including phenoxy) is 1. The highest BCUT2D eigenvalue weighted by Gasteiger charge is 2.01. The van der Waals surface area contributed by atoms with E-state index in [9.17, 15) is 4.79 Å². The number of likely N-dealkylation sites (N-methyl/N-ethyl adjacent to an activating group) is 1. The predicted molar refractivity (Wildman–Crippen MR) is 68.2 cm³/mol. The van der Waals surface area contributed by atoms with Gasteiger partial charge in [-0.3, -0.25) is 4.79 Å². The Labute approximate surface area is 100 Å². The fraction of sp³-hybridized carbons (Fsp3) is 0.214. The fourth-order valence-electron chi connectivity index (χ4n) is 1.66. The molecule has 0 aromatic heterocycles. The number of aryl methyl sites for hydroxylation is 1. The first-order valence-corrected chi connectivity index (χ1v) is 5.53. The molecule has 0 aliphatic carbocycles. The number of rotatable bonds is 3. The molecular formula is C14H15NO2. The van der Waals surface area contributed by atoms with E-state index in [0.29, 0.717) is 5.75 Å². The van der Waals surface area contributed by atoms with Gasteiger partial charge >= 0.3 is 0 Å². The molecule has 0 aliphatic rings. The van der Waals surface area contributed by atoms with Crippen LogP contribution in [0.2, 0.25) is 0 Å². The van der Waals surface area contributed by atoms with Crippen molar-refractivity contribution in [3.05, 3.63) is 42.0 Å². The maximum absolute atomic E-state index is 11.1. The molecular weight excluding hydrogens is 214 g/mol. The summed E-state index contributed by atoms with van der Waals surface area (Å²) >= 11 is 0. The van der Waals surface area contributed by atoms with E-state index in [4.69, 9.17) is 4.74 Å². The smallest absolute Gasteiger partial charge is 0.257 e. The largest absolute Gasteiger partial charge is 0.484 e. The maximum Gasteiger partial charge on any atom is 0.257 e. The van der Waals surface area contributed by atoms with Crippen LogP contribution >= 0.6 is 0 Å². The van der Waals surface area contributed by atoms with Crippen LogP contribution in [0, 0.1) is 6.92 Å². The first-order chi connectivity index (χ1) is 8.19. The Morgan fingerprint density at radius 3 is 2.71 bits per heavy atom. The number of carbonyl (C=O) groups is 1. The van der Waals surface area contributed by atoms with Crippen molar-refractivity contribution < 1.29 is 9.53 Å². The Kier molecular flexibility index (Phi) is 3.28. The molecule has 0 heterocycles. The van der Waals surface area contributed by atoms with Gasteiger partial charge in [0.1, 0.15) is 5.75 Å². The van der Waals surface area contributed by atoms with E-state index in [-0.39, 0.29) is 12.5 Å². The third-order valence-electron chi connectivity index (χ3n) is 2.62. The normalized spacial score (nSPS) is 10.2. The van der Waals surface area contributed by atoms with Crippen molar-refractivity contribution in [3.63, 3.8) is 0 Å². The summed E-state index contributed by atoms with van der Waals surface area (Å²) < 4.78 is 5.39. The van der Waals surface area contributed by atoms with E-state index in [2.05, 4.69) is 30.4 Å². The quantitative estimate of drug-likeness (QED) is 0.876. The number of carbonyl (C=O) groups excluding carboxylic acids is 1. The molecule has 0 aliphatic heterocycles. The molecule has 0 saturated carbocycles. The third kappa shape index (κ3) is 2.75. The molecule has 0 radical (unpaired) electrons. The highest BCUT2D eigenvalue weighted by atomic mass is 16.5. The van der Waals surface area contributed by atoms with Gasteiger partial charge in [0, 0.05) is 7.05 Å². The Bertz CT molecular complexity index is 549. The van der Waals surface area contributed by atoms with Crippen LogP contribution in [0.15, 0.2) is 36.4 Å². The third-order valence-corrected chi connectivity index (χ3v) is 2.62. The average molecular weight is 229 g/mol. The molecule has 3 nitrogen and oxygen atoms in total. The fourth-order valence-corrected chi connectivity index (χ4v) is 1.66. The van der Waals surface area contributed by atoms with E-state index in [1.54, 1.807) is 7.05 Å². The molecule has 1 N–H and O–H groups in total. The molecule has 2 aromatic rings. The first kappa shape index (κ1) is 11.5. The summed E-state index contributed by atoms with van der Waals surface area (Å²) in [5, 5.41) is 4.81. The van der Waals surface area contributed by atoms with Gasteiger partial charge < -0.3 is 10.1 Å². The molecule has 2 aromatic carbocycles. The van der Waals surface area contributed by atoms with Gasteiger partial charge in [-0.2, -0.15) is 0 Å². The summed E-state index contributed by atoms with van der Waals surface area (Å²) in [5.74, 6) is 0.584. The Morgan fingerprint density at radius 1 is 1.18 bits per heavy atom. The van der Waals surface area contributed by atoms with Gasteiger partial charge in [0.2, 0.25) is 0 Å². The minimum Gasteiger partial charge on any atom is -0.484 e. The lowest BCUT2D eigenvalue weighted by molar-refractivity contribution is -0.122. The van der Waals surface area contributed by atoms with Crippen LogP contribution in [0.3, 0.4) is 0 Å². The molecule has 2 rings (SSSR count). The summed E-state index contributed by atoms with van der Waals surface area (Å²) in [6.07, 6.45) is 0. The second kappa shape index (κ2) is 4.87. The lowest BCUT2D eigenvalue weighted by atomic mass is 10.1. The highest BCUT2D eigenvalue weighted by molar-refractivity contribution is 5.84. The standard InChI is InChI=1S/C14H15NO2/c1-10-3-4-11-5-6-13(8-12(11)7-10)17-9-14(16)15-2/h3-8H,9H2,1-2H3,(H,15,16). The van der Waals surface area contributed by atoms with Crippen molar-refractivity contribution in [2.45, 2.75) is 6.92 Å². The van der Waals surface area contributed by atoms with Gasteiger partial charge in [0.25, 0.3) is 5.91 Å². The zero-order chi connectivity index (χ0) is 12.3. The maximum atomic E-state index is 11.1. The number of amides is 1. The van der Waals surface area contributed by atoms with Gasteiger partial charge in [0.15, 0.2) is 6.61 Å². The van der Waals surface area contributed by atoms with E-state index >= 15 is 0 Å². The van der Waals surface area contributed by atoms with Crippen LogP contribution in [0.5, 0.6) is 5.75 Å². The molecule has 0 fully saturated rings. The van der Waals surface area contributed by atoms with Crippen LogP contribution in [0.25, 0.3) is 10.8 Å². The molecule has 0 spiro atoms. The number of fused-ring (bicyclic) bond motifs is 1. The molecule has 3 heteroatoms. The van der Waals surface area contributed by atoms with Crippen molar-refractivity contribution >= 4 is 16.7 Å². The van der Waals surface area contributed by atoms with Crippen LogP contribution < -0.4 is 10.1 Å². The summed E-state index contributed by atoms with van der Waals surface area (Å²) in [6, 6.07) is 12.1. The van der Waals surface area contributed by atoms with Gasteiger partial charge in [-0.1, -0.05) is 29.8 Å². The predicted octanol–water partition coefficient (Wildman–Crippen LogP) is 2.27. The number of benzene rings is 2. The van der Waals surface area contributed by atoms with Crippen LogP contribution in [-0.4, -0.2) is 19.6 Å². The second-order valence-electron chi connectivity index (χ2n) is 3.97. The Balaban J connectivity index is 2.22. The SMILES string of the molecule is CNC(=O)COc1ccc2ccc(C)cc2c1. The van der Waals surface area contributed by atoms with Crippen molar-refractivity contribution in [1.82, 2.24) is 5.32 Å². The van der Waals surface area contributed by atoms with Crippen molar-refractivity contribution in [2.75, 3.05) is 13.7 Å². The minimum absolute atomic E-state index is 0.0494. The molecule has 0 bridgehead atoms. The first-order valence-electron chi connectivity index (χ1n) is 5.53. The number of hydrogen-bond acceptors (Lipinski definition) is 2. The number of nitrogens with one attached hydrogen (secondary N) is 1. The Morgan fingerprint density at radius 2 is 1.94 bits per heavy atom. The van der Waals surface area contributed by atoms with Crippen LogP contribution in [-0.2, 0) is 4.79 Å². The van der Waals surface area contributed by atoms with Gasteiger partial charge in [-0.05, 0) is 29.8 Å². The molecule has 0 unspecified atom stereocenters. The van der Waals surface area contributed by atoms with Crippen LogP contribution in [0.1, 0.15) is 5.56 Å². The van der Waals surface area contributed by atoms with Crippen molar-refractivity contribution in [1.29, 1.82) is 0 Å². The molecule has 88 valence electrons. The summed E-state index contributed by atoms with van der Waals surface area (Å²) in [4.78, 5) is 11.1.